The third-order valence-corrected chi connectivity index (χ3v) is 6.53. The Morgan fingerprint density at radius 3 is 2.57 bits per heavy atom. The first-order valence-electron chi connectivity index (χ1n) is 7.74. The van der Waals surface area contributed by atoms with E-state index in [2.05, 4.69) is 10.9 Å². The molecule has 126 valence electrons. The van der Waals surface area contributed by atoms with Crippen LogP contribution in [0, 0.1) is 5.82 Å². The standard InChI is InChI=1S/C16H21FN2O2S2/c17-13-7-5-12(6-8-13)11-16(21)19-18-15(20)4-2-1-3-14-9-10-22-23-14/h5-8,14H,1-4,9-11H2,(H,18,20)(H,19,21). The largest absolute Gasteiger partial charge is 0.273 e. The maximum atomic E-state index is 12.8. The van der Waals surface area contributed by atoms with Gasteiger partial charge in [-0.1, -0.05) is 40.1 Å². The minimum absolute atomic E-state index is 0.108. The summed E-state index contributed by atoms with van der Waals surface area (Å²) in [5.74, 6) is 0.405. The highest BCUT2D eigenvalue weighted by molar-refractivity contribution is 8.77. The fourth-order valence-corrected chi connectivity index (χ4v) is 5.28. The second-order valence-corrected chi connectivity index (χ2v) is 8.26. The Labute approximate surface area is 143 Å². The summed E-state index contributed by atoms with van der Waals surface area (Å²) in [6, 6.07) is 5.72. The van der Waals surface area contributed by atoms with Gasteiger partial charge >= 0.3 is 0 Å². The topological polar surface area (TPSA) is 58.2 Å². The fraction of sp³-hybridized carbons (Fsp3) is 0.500. The van der Waals surface area contributed by atoms with Crippen LogP contribution in [0.1, 0.15) is 37.7 Å². The first-order chi connectivity index (χ1) is 11.1. The van der Waals surface area contributed by atoms with E-state index in [9.17, 15) is 14.0 Å². The average Bonchev–Trinajstić information content (AvgIpc) is 3.05. The Morgan fingerprint density at radius 2 is 1.87 bits per heavy atom. The zero-order valence-corrected chi connectivity index (χ0v) is 14.5. The van der Waals surface area contributed by atoms with Crippen molar-refractivity contribution >= 4 is 33.4 Å². The number of unbranched alkanes of at least 4 members (excludes halogenated alkanes) is 1. The van der Waals surface area contributed by atoms with Crippen molar-refractivity contribution in [3.8, 4) is 0 Å². The van der Waals surface area contributed by atoms with Crippen molar-refractivity contribution in [2.45, 2.75) is 43.8 Å². The summed E-state index contributed by atoms with van der Waals surface area (Å²) in [5.41, 5.74) is 5.51. The zero-order chi connectivity index (χ0) is 16.5. The summed E-state index contributed by atoms with van der Waals surface area (Å²) >= 11 is 0. The molecule has 1 aliphatic rings. The van der Waals surface area contributed by atoms with Gasteiger partial charge in [-0.05, 0) is 37.0 Å². The zero-order valence-electron chi connectivity index (χ0n) is 12.8. The molecule has 0 spiro atoms. The third-order valence-electron chi connectivity index (χ3n) is 3.53. The molecule has 23 heavy (non-hydrogen) atoms. The van der Waals surface area contributed by atoms with Gasteiger partial charge in [0, 0.05) is 17.4 Å². The highest BCUT2D eigenvalue weighted by atomic mass is 33.1. The van der Waals surface area contributed by atoms with Gasteiger partial charge in [-0.3, -0.25) is 20.4 Å². The van der Waals surface area contributed by atoms with Crippen LogP contribution < -0.4 is 10.9 Å². The van der Waals surface area contributed by atoms with Gasteiger partial charge < -0.3 is 0 Å². The fourth-order valence-electron chi connectivity index (χ4n) is 2.26. The number of carbonyl (C=O) groups excluding carboxylic acids is 2. The Morgan fingerprint density at radius 1 is 1.13 bits per heavy atom. The minimum atomic E-state index is -0.336. The van der Waals surface area contributed by atoms with Crippen LogP contribution in [-0.2, 0) is 16.0 Å². The van der Waals surface area contributed by atoms with Crippen molar-refractivity contribution in [1.82, 2.24) is 10.9 Å². The summed E-state index contributed by atoms with van der Waals surface area (Å²) in [6.07, 6.45) is 4.82. The van der Waals surface area contributed by atoms with E-state index in [4.69, 9.17) is 0 Å². The molecule has 2 amide bonds. The van der Waals surface area contributed by atoms with Crippen molar-refractivity contribution in [3.63, 3.8) is 0 Å². The van der Waals surface area contributed by atoms with Crippen molar-refractivity contribution in [2.75, 3.05) is 5.75 Å². The molecule has 0 aliphatic carbocycles. The molecule has 1 unspecified atom stereocenters. The highest BCUT2D eigenvalue weighted by Crippen LogP contribution is 2.39. The van der Waals surface area contributed by atoms with Gasteiger partial charge in [0.1, 0.15) is 5.82 Å². The van der Waals surface area contributed by atoms with Crippen LogP contribution in [0.4, 0.5) is 4.39 Å². The Kier molecular flexibility index (Phi) is 7.74. The summed E-state index contributed by atoms with van der Waals surface area (Å²) in [7, 11) is 3.88. The van der Waals surface area contributed by atoms with Gasteiger partial charge in [0.05, 0.1) is 6.42 Å². The predicted molar refractivity (Wildman–Crippen MR) is 93.3 cm³/mol. The molecule has 0 bridgehead atoms. The van der Waals surface area contributed by atoms with Crippen molar-refractivity contribution < 1.29 is 14.0 Å². The van der Waals surface area contributed by atoms with Crippen LogP contribution in [0.5, 0.6) is 0 Å². The van der Waals surface area contributed by atoms with E-state index in [1.807, 2.05) is 21.6 Å². The Balaban J connectivity index is 1.54. The Bertz CT molecular complexity index is 519. The predicted octanol–water partition coefficient (Wildman–Crippen LogP) is 3.23. The molecule has 0 aromatic heterocycles. The number of nitrogens with one attached hydrogen (secondary N) is 2. The molecule has 1 fully saturated rings. The molecule has 1 aromatic carbocycles. The molecule has 1 aromatic rings. The molecular weight excluding hydrogens is 335 g/mol. The average molecular weight is 356 g/mol. The van der Waals surface area contributed by atoms with Crippen molar-refractivity contribution in [1.29, 1.82) is 0 Å². The Hall–Kier alpha value is -1.21. The number of rotatable bonds is 7. The lowest BCUT2D eigenvalue weighted by Crippen LogP contribution is -2.42. The summed E-state index contributed by atoms with van der Waals surface area (Å²) in [5, 5.41) is 0.735. The van der Waals surface area contributed by atoms with Gasteiger partial charge in [0.15, 0.2) is 0 Å². The first kappa shape index (κ1) is 18.1. The lowest BCUT2D eigenvalue weighted by Gasteiger charge is -2.09. The molecule has 4 nitrogen and oxygen atoms in total. The van der Waals surface area contributed by atoms with Crippen LogP contribution in [0.3, 0.4) is 0 Å². The molecule has 2 N–H and O–H groups in total. The lowest BCUT2D eigenvalue weighted by atomic mass is 10.1. The number of benzene rings is 1. The quantitative estimate of drug-likeness (QED) is 0.447. The van der Waals surface area contributed by atoms with Crippen molar-refractivity contribution in [3.05, 3.63) is 35.6 Å². The number of halogens is 1. The lowest BCUT2D eigenvalue weighted by molar-refractivity contribution is -0.128. The first-order valence-corrected chi connectivity index (χ1v) is 10.1. The second-order valence-electron chi connectivity index (χ2n) is 5.47. The number of carbonyl (C=O) groups is 2. The molecule has 0 saturated carbocycles. The van der Waals surface area contributed by atoms with Gasteiger partial charge in [-0.25, -0.2) is 4.39 Å². The molecular formula is C16H21FN2O2S2. The number of amides is 2. The van der Waals surface area contributed by atoms with Crippen LogP contribution in [0.2, 0.25) is 0 Å². The van der Waals surface area contributed by atoms with E-state index in [0.717, 1.165) is 24.5 Å². The maximum absolute atomic E-state index is 12.8. The van der Waals surface area contributed by atoms with Gasteiger partial charge in [0.25, 0.3) is 0 Å². The molecule has 2 rings (SSSR count). The van der Waals surface area contributed by atoms with Crippen LogP contribution in [0.25, 0.3) is 0 Å². The summed E-state index contributed by atoms with van der Waals surface area (Å²) < 4.78 is 12.8. The monoisotopic (exact) mass is 356 g/mol. The summed E-state index contributed by atoms with van der Waals surface area (Å²) in [4.78, 5) is 23.3. The summed E-state index contributed by atoms with van der Waals surface area (Å²) in [6.45, 7) is 0. The molecule has 1 saturated heterocycles. The number of hydrazine groups is 1. The number of hydrogen-bond acceptors (Lipinski definition) is 4. The van der Waals surface area contributed by atoms with Gasteiger partial charge in [-0.2, -0.15) is 0 Å². The smallest absolute Gasteiger partial charge is 0.242 e. The maximum Gasteiger partial charge on any atom is 0.242 e. The molecule has 1 aliphatic heterocycles. The molecule has 1 atom stereocenters. The third kappa shape index (κ3) is 7.26. The van der Waals surface area contributed by atoms with E-state index in [-0.39, 0.29) is 24.1 Å². The highest BCUT2D eigenvalue weighted by Gasteiger charge is 2.15. The van der Waals surface area contributed by atoms with E-state index < -0.39 is 0 Å². The van der Waals surface area contributed by atoms with E-state index in [1.165, 1.54) is 24.3 Å². The van der Waals surface area contributed by atoms with E-state index in [1.54, 1.807) is 12.1 Å². The number of hydrogen-bond donors (Lipinski definition) is 2. The molecule has 7 heteroatoms. The van der Waals surface area contributed by atoms with E-state index >= 15 is 0 Å². The minimum Gasteiger partial charge on any atom is -0.273 e. The van der Waals surface area contributed by atoms with Gasteiger partial charge in [0.2, 0.25) is 11.8 Å². The molecule has 1 heterocycles. The SMILES string of the molecule is O=C(CCCCC1CCSS1)NNC(=O)Cc1ccc(F)cc1. The van der Waals surface area contributed by atoms with Gasteiger partial charge in [-0.15, -0.1) is 0 Å². The second kappa shape index (κ2) is 9.82. The van der Waals surface area contributed by atoms with Crippen LogP contribution in [0.15, 0.2) is 24.3 Å². The van der Waals surface area contributed by atoms with Crippen LogP contribution >= 0.6 is 21.6 Å². The van der Waals surface area contributed by atoms with Crippen molar-refractivity contribution in [2.24, 2.45) is 0 Å². The molecule has 0 radical (unpaired) electrons. The van der Waals surface area contributed by atoms with Crippen LogP contribution in [-0.4, -0.2) is 22.8 Å². The van der Waals surface area contributed by atoms with E-state index in [0.29, 0.717) is 12.0 Å². The normalized spacial score (nSPS) is 17.0.